The number of halogens is 2. The van der Waals surface area contributed by atoms with Gasteiger partial charge in [-0.25, -0.2) is 10.4 Å². The van der Waals surface area contributed by atoms with Gasteiger partial charge >= 0.3 is 0 Å². The van der Waals surface area contributed by atoms with E-state index < -0.39 is 23.6 Å². The lowest BCUT2D eigenvalue weighted by molar-refractivity contribution is -0.145. The number of benzene rings is 2. The maximum atomic E-state index is 13.4. The van der Waals surface area contributed by atoms with Crippen molar-refractivity contribution < 1.29 is 19.5 Å². The van der Waals surface area contributed by atoms with E-state index in [1.807, 2.05) is 30.3 Å². The zero-order valence-corrected chi connectivity index (χ0v) is 24.2. The van der Waals surface area contributed by atoms with Gasteiger partial charge in [-0.1, -0.05) is 51.8 Å². The number of carbonyl (C=O) groups excluding carboxylic acids is 3. The van der Waals surface area contributed by atoms with E-state index in [4.69, 9.17) is 11.6 Å². The Morgan fingerprint density at radius 1 is 1.23 bits per heavy atom. The molecule has 3 aromatic rings. The molecule has 1 saturated heterocycles. The molecule has 0 unspecified atom stereocenters. The maximum Gasteiger partial charge on any atom is 0.262 e. The minimum atomic E-state index is -1.35. The van der Waals surface area contributed by atoms with Crippen molar-refractivity contribution in [2.45, 2.75) is 49.8 Å². The van der Waals surface area contributed by atoms with Gasteiger partial charge in [0.05, 0.1) is 5.52 Å². The summed E-state index contributed by atoms with van der Waals surface area (Å²) in [6, 6.07) is 15.9. The second-order valence-electron chi connectivity index (χ2n) is 10.2. The number of nitrogens with zero attached hydrogens (tertiary/aromatic N) is 3. The fourth-order valence-electron chi connectivity index (χ4n) is 4.75. The van der Waals surface area contributed by atoms with Crippen LogP contribution in [0.3, 0.4) is 0 Å². The van der Waals surface area contributed by atoms with Crippen LogP contribution in [-0.4, -0.2) is 64.1 Å². The molecule has 4 N–H and O–H groups in total. The van der Waals surface area contributed by atoms with E-state index in [1.54, 1.807) is 36.3 Å². The molecule has 40 heavy (non-hydrogen) atoms. The van der Waals surface area contributed by atoms with Gasteiger partial charge < -0.3 is 10.4 Å². The number of anilines is 1. The molecular weight excluding hydrogens is 600 g/mol. The van der Waals surface area contributed by atoms with Crippen LogP contribution in [0, 0.1) is 0 Å². The highest BCUT2D eigenvalue weighted by atomic mass is 79.9. The van der Waals surface area contributed by atoms with Gasteiger partial charge in [0.2, 0.25) is 5.91 Å². The quantitative estimate of drug-likeness (QED) is 0.282. The van der Waals surface area contributed by atoms with E-state index in [2.05, 4.69) is 37.1 Å². The summed E-state index contributed by atoms with van der Waals surface area (Å²) in [7, 11) is 1.71. The molecule has 0 bridgehead atoms. The number of hydrogen-bond donors (Lipinski definition) is 4. The van der Waals surface area contributed by atoms with E-state index in [0.717, 1.165) is 15.4 Å². The van der Waals surface area contributed by atoms with Crippen LogP contribution in [0.4, 0.5) is 5.82 Å². The lowest BCUT2D eigenvalue weighted by Crippen LogP contribution is -2.63. The SMILES string of the molecule is CN(NC(=O)[C@@H]1CCCN(C(=O)C2(NC(=O)[C@@H](O)Cc3ccccc3Cl)CC2)N1)c1ccc2ccc(Br)cc2n1. The third-order valence-corrected chi connectivity index (χ3v) is 8.07. The lowest BCUT2D eigenvalue weighted by atomic mass is 10.1. The number of hydrogen-bond acceptors (Lipinski definition) is 7. The number of aliphatic hydroxyl groups excluding tert-OH is 1. The second-order valence-corrected chi connectivity index (χ2v) is 11.5. The summed E-state index contributed by atoms with van der Waals surface area (Å²) in [5.41, 5.74) is 6.21. The zero-order chi connectivity index (χ0) is 28.4. The number of aliphatic hydroxyl groups is 1. The summed E-state index contributed by atoms with van der Waals surface area (Å²) in [6.45, 7) is 0.402. The van der Waals surface area contributed by atoms with Crippen molar-refractivity contribution in [3.8, 4) is 0 Å². The molecule has 2 aliphatic rings. The first-order valence-electron chi connectivity index (χ1n) is 13.1. The van der Waals surface area contributed by atoms with Crippen LogP contribution in [-0.2, 0) is 20.8 Å². The molecular formula is C28H30BrClN6O4. The summed E-state index contributed by atoms with van der Waals surface area (Å²) >= 11 is 9.61. The standard InChI is InChI=1S/C28H30BrClN6O4/c1-35(24-11-9-17-8-10-19(29)16-22(17)31-24)34-25(38)21-7-4-14-36(33-21)27(40)28(12-13-28)32-26(39)23(37)15-18-5-2-3-6-20(18)30/h2-3,5-6,8-11,16,21,23,33,37H,4,7,12-15H2,1H3,(H,32,39)(H,34,38)/t21-,23-/m0/s1. The van der Waals surface area contributed by atoms with E-state index >= 15 is 0 Å². The van der Waals surface area contributed by atoms with E-state index in [1.165, 1.54) is 5.01 Å². The zero-order valence-electron chi connectivity index (χ0n) is 21.9. The molecule has 1 aliphatic carbocycles. The number of pyridine rings is 1. The van der Waals surface area contributed by atoms with Gasteiger partial charge in [0.15, 0.2) is 0 Å². The average Bonchev–Trinajstić information content (AvgIpc) is 3.73. The Morgan fingerprint density at radius 3 is 2.73 bits per heavy atom. The number of fused-ring (bicyclic) bond motifs is 1. The first kappa shape index (κ1) is 28.3. The molecule has 12 heteroatoms. The molecule has 1 aliphatic heterocycles. The smallest absolute Gasteiger partial charge is 0.262 e. The maximum absolute atomic E-state index is 13.4. The Balaban J connectivity index is 1.18. The number of amides is 3. The molecule has 2 fully saturated rings. The van der Waals surface area contributed by atoms with Crippen LogP contribution in [0.5, 0.6) is 0 Å². The fraction of sp³-hybridized carbons (Fsp3) is 0.357. The average molecular weight is 630 g/mol. The van der Waals surface area contributed by atoms with E-state index in [-0.39, 0.29) is 18.2 Å². The van der Waals surface area contributed by atoms with Crippen LogP contribution >= 0.6 is 27.5 Å². The Bertz CT molecular complexity index is 1450. The van der Waals surface area contributed by atoms with Crippen molar-refractivity contribution in [3.63, 3.8) is 0 Å². The number of aromatic nitrogens is 1. The Morgan fingerprint density at radius 2 is 1.98 bits per heavy atom. The third kappa shape index (κ3) is 6.22. The molecule has 0 spiro atoms. The van der Waals surface area contributed by atoms with Gasteiger partial charge in [0.25, 0.3) is 11.8 Å². The van der Waals surface area contributed by atoms with Crippen molar-refractivity contribution >= 4 is 62.0 Å². The summed E-state index contributed by atoms with van der Waals surface area (Å²) < 4.78 is 0.909. The molecule has 2 aromatic carbocycles. The predicted octanol–water partition coefficient (Wildman–Crippen LogP) is 2.87. The minimum Gasteiger partial charge on any atom is -0.383 e. The highest BCUT2D eigenvalue weighted by Crippen LogP contribution is 2.37. The predicted molar refractivity (Wildman–Crippen MR) is 155 cm³/mol. The number of hydrazine groups is 2. The topological polar surface area (TPSA) is 127 Å². The minimum absolute atomic E-state index is 0.0385. The van der Waals surface area contributed by atoms with Gasteiger partial charge in [-0.3, -0.25) is 29.8 Å². The first-order chi connectivity index (χ1) is 19.1. The summed E-state index contributed by atoms with van der Waals surface area (Å²) in [5, 5.41) is 17.6. The molecule has 1 saturated carbocycles. The van der Waals surface area contributed by atoms with E-state index in [0.29, 0.717) is 48.6 Å². The van der Waals surface area contributed by atoms with Gasteiger partial charge in [0.1, 0.15) is 23.5 Å². The van der Waals surface area contributed by atoms with Gasteiger partial charge in [-0.05, 0) is 61.6 Å². The van der Waals surface area contributed by atoms with Gasteiger partial charge in [-0.2, -0.15) is 0 Å². The van der Waals surface area contributed by atoms with Crippen LogP contribution in [0.25, 0.3) is 10.9 Å². The summed E-state index contributed by atoms with van der Waals surface area (Å²) in [4.78, 5) is 43.9. The fourth-order valence-corrected chi connectivity index (χ4v) is 5.31. The number of nitrogens with one attached hydrogen (secondary N) is 3. The van der Waals surface area contributed by atoms with E-state index in [9.17, 15) is 19.5 Å². The molecule has 10 nitrogen and oxygen atoms in total. The highest BCUT2D eigenvalue weighted by Gasteiger charge is 2.54. The third-order valence-electron chi connectivity index (χ3n) is 7.20. The molecule has 210 valence electrons. The van der Waals surface area contributed by atoms with Crippen molar-refractivity contribution in [2.75, 3.05) is 18.6 Å². The Kier molecular flexibility index (Phi) is 8.27. The number of carbonyl (C=O) groups is 3. The monoisotopic (exact) mass is 628 g/mol. The van der Waals surface area contributed by atoms with Crippen molar-refractivity contribution in [1.29, 1.82) is 0 Å². The van der Waals surface area contributed by atoms with Gasteiger partial charge in [0, 0.05) is 34.9 Å². The van der Waals surface area contributed by atoms with Crippen LogP contribution < -0.4 is 21.2 Å². The molecule has 0 radical (unpaired) electrons. The van der Waals surface area contributed by atoms with Gasteiger partial charge in [-0.15, -0.1) is 0 Å². The van der Waals surface area contributed by atoms with Crippen LogP contribution in [0.1, 0.15) is 31.2 Å². The largest absolute Gasteiger partial charge is 0.383 e. The number of rotatable bonds is 8. The summed E-state index contributed by atoms with van der Waals surface area (Å²) in [6.07, 6.45) is 0.755. The first-order valence-corrected chi connectivity index (χ1v) is 14.2. The Labute approximate surface area is 245 Å². The van der Waals surface area contributed by atoms with Crippen molar-refractivity contribution in [2.24, 2.45) is 0 Å². The Hall–Kier alpha value is -3.25. The van der Waals surface area contributed by atoms with Crippen LogP contribution in [0.15, 0.2) is 59.1 Å². The molecule has 3 amide bonds. The summed E-state index contributed by atoms with van der Waals surface area (Å²) in [5.74, 6) is -0.690. The molecule has 5 rings (SSSR count). The van der Waals surface area contributed by atoms with Crippen molar-refractivity contribution in [1.82, 2.24) is 26.2 Å². The normalized spacial score (nSPS) is 18.6. The highest BCUT2D eigenvalue weighted by molar-refractivity contribution is 9.10. The molecule has 1 aromatic heterocycles. The molecule has 2 atom stereocenters. The molecule has 2 heterocycles. The van der Waals surface area contributed by atoms with Crippen LogP contribution in [0.2, 0.25) is 5.02 Å². The van der Waals surface area contributed by atoms with Crippen molar-refractivity contribution in [3.05, 3.63) is 69.7 Å². The lowest BCUT2D eigenvalue weighted by Gasteiger charge is -2.36. The second kappa shape index (κ2) is 11.7.